The number of carbonyl (C=O) groups is 2. The van der Waals surface area contributed by atoms with Crippen LogP contribution in [0.25, 0.3) is 0 Å². The number of rotatable bonds is 3. The maximum atomic E-state index is 13.2. The van der Waals surface area contributed by atoms with Gasteiger partial charge in [-0.2, -0.15) is 0 Å². The van der Waals surface area contributed by atoms with Crippen LogP contribution in [0.15, 0.2) is 42.5 Å². The van der Waals surface area contributed by atoms with Crippen molar-refractivity contribution >= 4 is 23.2 Å². The number of anilines is 2. The molecule has 3 heterocycles. The summed E-state index contributed by atoms with van der Waals surface area (Å²) in [6.07, 6.45) is 2.90. The second-order valence-corrected chi connectivity index (χ2v) is 7.93. The molecule has 0 saturated carbocycles. The molecular weight excluding hydrogens is 382 g/mol. The molecule has 1 N–H and O–H groups in total. The lowest BCUT2D eigenvalue weighted by Crippen LogP contribution is -2.46. The second-order valence-electron chi connectivity index (χ2n) is 7.93. The third kappa shape index (κ3) is 3.61. The molecule has 3 aliphatic rings. The normalized spacial score (nSPS) is 21.0. The number of fused-ring (bicyclic) bond motifs is 2. The minimum absolute atomic E-state index is 0.0539. The van der Waals surface area contributed by atoms with E-state index >= 15 is 0 Å². The molecule has 1 fully saturated rings. The van der Waals surface area contributed by atoms with Crippen molar-refractivity contribution in [2.75, 3.05) is 43.1 Å². The van der Waals surface area contributed by atoms with Gasteiger partial charge in [0.05, 0.1) is 31.1 Å². The Morgan fingerprint density at radius 3 is 2.80 bits per heavy atom. The van der Waals surface area contributed by atoms with Crippen molar-refractivity contribution in [3.05, 3.63) is 48.0 Å². The number of benzene rings is 2. The highest BCUT2D eigenvalue weighted by Gasteiger charge is 2.32. The lowest BCUT2D eigenvalue weighted by atomic mass is 10.0. The number of nitrogens with one attached hydrogen (secondary N) is 1. The van der Waals surface area contributed by atoms with Crippen LogP contribution in [0, 0.1) is 0 Å². The molecule has 0 aliphatic carbocycles. The van der Waals surface area contributed by atoms with Gasteiger partial charge in [-0.05, 0) is 49.2 Å². The molecule has 2 aromatic rings. The van der Waals surface area contributed by atoms with E-state index in [0.29, 0.717) is 18.9 Å². The Balaban J connectivity index is 1.35. The monoisotopic (exact) mass is 407 g/mol. The van der Waals surface area contributed by atoms with Crippen molar-refractivity contribution in [2.45, 2.75) is 25.3 Å². The van der Waals surface area contributed by atoms with Gasteiger partial charge in [0, 0.05) is 12.5 Å². The smallest absolute Gasteiger partial charge is 0.244 e. The first-order valence-corrected chi connectivity index (χ1v) is 10.5. The van der Waals surface area contributed by atoms with Gasteiger partial charge in [-0.1, -0.05) is 18.2 Å². The molecule has 5 rings (SSSR count). The summed E-state index contributed by atoms with van der Waals surface area (Å²) in [6.45, 7) is 2.51. The second kappa shape index (κ2) is 7.99. The van der Waals surface area contributed by atoms with Crippen molar-refractivity contribution in [3.63, 3.8) is 0 Å². The Bertz CT molecular complexity index is 977. The predicted octanol–water partition coefficient (Wildman–Crippen LogP) is 2.97. The molecule has 0 bridgehead atoms. The average molecular weight is 407 g/mol. The molecule has 0 aromatic heterocycles. The lowest BCUT2D eigenvalue weighted by molar-refractivity contribution is -0.122. The summed E-state index contributed by atoms with van der Waals surface area (Å²) in [6, 6.07) is 13.7. The van der Waals surface area contributed by atoms with Crippen LogP contribution in [0.2, 0.25) is 0 Å². The highest BCUT2D eigenvalue weighted by Crippen LogP contribution is 2.38. The number of nitrogens with zero attached hydrogens (tertiary/aromatic N) is 2. The van der Waals surface area contributed by atoms with E-state index in [1.54, 1.807) is 4.90 Å². The van der Waals surface area contributed by atoms with E-state index in [-0.39, 0.29) is 30.9 Å². The first kappa shape index (κ1) is 18.9. The summed E-state index contributed by atoms with van der Waals surface area (Å²) in [5.74, 6) is 1.35. The third-order valence-electron chi connectivity index (χ3n) is 5.93. The van der Waals surface area contributed by atoms with E-state index in [9.17, 15) is 9.59 Å². The molecule has 30 heavy (non-hydrogen) atoms. The largest absolute Gasteiger partial charge is 0.490 e. The van der Waals surface area contributed by atoms with E-state index in [1.165, 1.54) is 0 Å². The average Bonchev–Trinajstić information content (AvgIpc) is 3.08. The van der Waals surface area contributed by atoms with E-state index in [1.807, 2.05) is 30.3 Å². The summed E-state index contributed by atoms with van der Waals surface area (Å²) in [5.41, 5.74) is 2.58. The summed E-state index contributed by atoms with van der Waals surface area (Å²) in [4.78, 5) is 29.1. The molecule has 3 aliphatic heterocycles. The van der Waals surface area contributed by atoms with Crippen molar-refractivity contribution in [1.82, 2.24) is 4.90 Å². The number of hydrogen-bond acceptors (Lipinski definition) is 5. The van der Waals surface area contributed by atoms with E-state index < -0.39 is 0 Å². The zero-order valence-corrected chi connectivity index (χ0v) is 16.8. The van der Waals surface area contributed by atoms with Crippen LogP contribution >= 0.6 is 0 Å². The molecule has 156 valence electrons. The molecule has 0 spiro atoms. The first-order chi connectivity index (χ1) is 14.7. The predicted molar refractivity (Wildman–Crippen MR) is 113 cm³/mol. The highest BCUT2D eigenvalue weighted by atomic mass is 16.5. The topological polar surface area (TPSA) is 71.1 Å². The van der Waals surface area contributed by atoms with Gasteiger partial charge >= 0.3 is 0 Å². The summed E-state index contributed by atoms with van der Waals surface area (Å²) < 4.78 is 11.6. The minimum atomic E-state index is -0.164. The summed E-state index contributed by atoms with van der Waals surface area (Å²) in [7, 11) is 0. The molecular formula is C23H25N3O4. The molecule has 7 heteroatoms. The standard InChI is InChI=1S/C23H25N3O4/c27-22-14-26(19-6-2-1-5-17(19)24-22)23(28)15-25-10-3-7-18(25)16-8-9-20-21(13-16)30-12-4-11-29-20/h1-2,5-6,8-9,13,18H,3-4,7,10-12,14-15H2,(H,24,27)/t18-/m0/s1. The van der Waals surface area contributed by atoms with Crippen LogP contribution in [0.3, 0.4) is 0 Å². The Kier molecular flexibility index (Phi) is 5.04. The van der Waals surface area contributed by atoms with E-state index in [2.05, 4.69) is 22.3 Å². The molecule has 1 saturated heterocycles. The summed E-state index contributed by atoms with van der Waals surface area (Å²) >= 11 is 0. The van der Waals surface area contributed by atoms with Gasteiger partial charge in [-0.25, -0.2) is 0 Å². The van der Waals surface area contributed by atoms with E-state index in [0.717, 1.165) is 48.6 Å². The number of amides is 2. The number of likely N-dealkylation sites (tertiary alicyclic amines) is 1. The van der Waals surface area contributed by atoms with Gasteiger partial charge in [0.2, 0.25) is 11.8 Å². The van der Waals surface area contributed by atoms with Gasteiger partial charge in [-0.15, -0.1) is 0 Å². The van der Waals surface area contributed by atoms with Crippen LogP contribution < -0.4 is 19.7 Å². The fourth-order valence-corrected chi connectivity index (χ4v) is 4.49. The fourth-order valence-electron chi connectivity index (χ4n) is 4.49. The van der Waals surface area contributed by atoms with Gasteiger partial charge < -0.3 is 14.8 Å². The number of hydrogen-bond donors (Lipinski definition) is 1. The lowest BCUT2D eigenvalue weighted by Gasteiger charge is -2.32. The van der Waals surface area contributed by atoms with Crippen molar-refractivity contribution in [1.29, 1.82) is 0 Å². The van der Waals surface area contributed by atoms with Gasteiger partial charge in [0.25, 0.3) is 0 Å². The van der Waals surface area contributed by atoms with Gasteiger partial charge in [0.15, 0.2) is 11.5 Å². The molecule has 7 nitrogen and oxygen atoms in total. The molecule has 0 unspecified atom stereocenters. The van der Waals surface area contributed by atoms with Gasteiger partial charge in [-0.3, -0.25) is 19.4 Å². The first-order valence-electron chi connectivity index (χ1n) is 10.5. The molecule has 0 radical (unpaired) electrons. The number of para-hydroxylation sites is 2. The van der Waals surface area contributed by atoms with Crippen LogP contribution in [0.4, 0.5) is 11.4 Å². The summed E-state index contributed by atoms with van der Waals surface area (Å²) in [5, 5.41) is 2.83. The van der Waals surface area contributed by atoms with Gasteiger partial charge in [0.1, 0.15) is 6.54 Å². The SMILES string of the molecule is O=C1CN(C(=O)CN2CCC[C@H]2c2ccc3c(c2)OCCCO3)c2ccccc2N1. The maximum Gasteiger partial charge on any atom is 0.244 e. The van der Waals surface area contributed by atoms with Crippen molar-refractivity contribution in [3.8, 4) is 11.5 Å². The Labute approximate surface area is 175 Å². The van der Waals surface area contributed by atoms with Crippen LogP contribution in [-0.2, 0) is 9.59 Å². The Morgan fingerprint density at radius 1 is 1.07 bits per heavy atom. The zero-order chi connectivity index (χ0) is 20.5. The van der Waals surface area contributed by atoms with Crippen molar-refractivity contribution in [2.24, 2.45) is 0 Å². The molecule has 2 aromatic carbocycles. The third-order valence-corrected chi connectivity index (χ3v) is 5.93. The highest BCUT2D eigenvalue weighted by molar-refractivity contribution is 6.10. The molecule has 1 atom stereocenters. The number of carbonyl (C=O) groups excluding carboxylic acids is 2. The van der Waals surface area contributed by atoms with Crippen LogP contribution in [0.1, 0.15) is 30.9 Å². The Hall–Kier alpha value is -3.06. The quantitative estimate of drug-likeness (QED) is 0.847. The number of ether oxygens (including phenoxy) is 2. The molecule has 2 amide bonds. The van der Waals surface area contributed by atoms with Crippen LogP contribution in [-0.4, -0.2) is 49.6 Å². The minimum Gasteiger partial charge on any atom is -0.490 e. The fraction of sp³-hybridized carbons (Fsp3) is 0.391. The maximum absolute atomic E-state index is 13.2. The Morgan fingerprint density at radius 2 is 1.90 bits per heavy atom. The van der Waals surface area contributed by atoms with Crippen LogP contribution in [0.5, 0.6) is 11.5 Å². The van der Waals surface area contributed by atoms with Crippen molar-refractivity contribution < 1.29 is 19.1 Å². The van der Waals surface area contributed by atoms with E-state index in [4.69, 9.17) is 9.47 Å². The zero-order valence-electron chi connectivity index (χ0n) is 16.8.